The van der Waals surface area contributed by atoms with Crippen LogP contribution in [-0.2, 0) is 16.1 Å². The number of ether oxygens (including phenoxy) is 1. The van der Waals surface area contributed by atoms with Gasteiger partial charge in [-0.25, -0.2) is 4.79 Å². The van der Waals surface area contributed by atoms with E-state index in [-0.39, 0.29) is 5.69 Å². The van der Waals surface area contributed by atoms with Crippen LogP contribution in [-0.4, -0.2) is 34.4 Å². The van der Waals surface area contributed by atoms with E-state index in [2.05, 4.69) is 0 Å². The zero-order valence-electron chi connectivity index (χ0n) is 11.9. The summed E-state index contributed by atoms with van der Waals surface area (Å²) in [5.74, 6) is -1.14. The fourth-order valence-electron chi connectivity index (χ4n) is 1.48. The van der Waals surface area contributed by atoms with Crippen molar-refractivity contribution >= 4 is 17.7 Å². The standard InChI is InChI=1S/C13H18N2O5/c1-13(2,3)20-12(19)14(4)9-6-5-7-15(11(9)18)8-10(16)17/h5-7H,8H2,1-4H3,(H,16,17). The number of pyridine rings is 1. The van der Waals surface area contributed by atoms with Crippen LogP contribution in [0.4, 0.5) is 10.5 Å². The molecule has 1 N–H and O–H groups in total. The van der Waals surface area contributed by atoms with Crippen molar-refractivity contribution in [3.8, 4) is 0 Å². The van der Waals surface area contributed by atoms with Crippen LogP contribution in [0, 0.1) is 0 Å². The van der Waals surface area contributed by atoms with Gasteiger partial charge in [0.05, 0.1) is 0 Å². The van der Waals surface area contributed by atoms with E-state index in [0.717, 1.165) is 9.47 Å². The highest BCUT2D eigenvalue weighted by atomic mass is 16.6. The van der Waals surface area contributed by atoms with E-state index in [0.29, 0.717) is 0 Å². The Morgan fingerprint density at radius 2 is 2.00 bits per heavy atom. The Kier molecular flexibility index (Phi) is 4.54. The topological polar surface area (TPSA) is 88.8 Å². The van der Waals surface area contributed by atoms with Crippen molar-refractivity contribution in [1.82, 2.24) is 4.57 Å². The second kappa shape index (κ2) is 5.77. The van der Waals surface area contributed by atoms with Crippen molar-refractivity contribution in [2.45, 2.75) is 32.9 Å². The number of carboxylic acid groups (broad SMARTS) is 1. The number of hydrogen-bond donors (Lipinski definition) is 1. The minimum atomic E-state index is -1.14. The summed E-state index contributed by atoms with van der Waals surface area (Å²) in [5, 5.41) is 8.72. The summed E-state index contributed by atoms with van der Waals surface area (Å²) in [6.45, 7) is 4.68. The Morgan fingerprint density at radius 1 is 1.40 bits per heavy atom. The van der Waals surface area contributed by atoms with Gasteiger partial charge in [-0.1, -0.05) is 0 Å². The summed E-state index contributed by atoms with van der Waals surface area (Å²) in [6.07, 6.45) is 0.672. The van der Waals surface area contributed by atoms with Gasteiger partial charge in [0.15, 0.2) is 0 Å². The van der Waals surface area contributed by atoms with Gasteiger partial charge in [0.25, 0.3) is 5.56 Å². The van der Waals surface area contributed by atoms with Gasteiger partial charge < -0.3 is 14.4 Å². The molecule has 0 unspecified atom stereocenters. The number of aliphatic carboxylic acids is 1. The summed E-state index contributed by atoms with van der Waals surface area (Å²) in [6, 6.07) is 2.94. The molecule has 0 aliphatic heterocycles. The first kappa shape index (κ1) is 15.7. The van der Waals surface area contributed by atoms with Crippen LogP contribution in [0.2, 0.25) is 0 Å². The third-order valence-electron chi connectivity index (χ3n) is 2.33. The van der Waals surface area contributed by atoms with Crippen LogP contribution in [0.5, 0.6) is 0 Å². The Labute approximate surface area is 116 Å². The average molecular weight is 282 g/mol. The first-order valence-corrected chi connectivity index (χ1v) is 6.00. The Morgan fingerprint density at radius 3 is 2.50 bits per heavy atom. The number of carboxylic acids is 1. The molecular formula is C13H18N2O5. The molecule has 20 heavy (non-hydrogen) atoms. The van der Waals surface area contributed by atoms with E-state index in [1.807, 2.05) is 0 Å². The van der Waals surface area contributed by atoms with Crippen LogP contribution in [0.1, 0.15) is 20.8 Å². The lowest BCUT2D eigenvalue weighted by Gasteiger charge is -2.24. The van der Waals surface area contributed by atoms with Gasteiger partial charge >= 0.3 is 12.1 Å². The minimum Gasteiger partial charge on any atom is -0.480 e. The van der Waals surface area contributed by atoms with Crippen molar-refractivity contribution in [2.24, 2.45) is 0 Å². The summed E-state index contributed by atoms with van der Waals surface area (Å²) in [7, 11) is 1.40. The predicted octanol–water partition coefficient (Wildman–Crippen LogP) is 1.30. The zero-order valence-corrected chi connectivity index (χ0v) is 11.9. The number of aromatic nitrogens is 1. The van der Waals surface area contributed by atoms with Crippen LogP contribution in [0.3, 0.4) is 0 Å². The molecule has 0 bridgehead atoms. The lowest BCUT2D eigenvalue weighted by atomic mass is 10.2. The van der Waals surface area contributed by atoms with E-state index in [1.54, 1.807) is 20.8 Å². The van der Waals surface area contributed by atoms with Crippen LogP contribution in [0.25, 0.3) is 0 Å². The first-order valence-electron chi connectivity index (χ1n) is 6.00. The monoisotopic (exact) mass is 282 g/mol. The summed E-state index contributed by atoms with van der Waals surface area (Å²) in [5.41, 5.74) is -1.19. The lowest BCUT2D eigenvalue weighted by molar-refractivity contribution is -0.137. The molecule has 1 amide bonds. The second-order valence-electron chi connectivity index (χ2n) is 5.26. The fraction of sp³-hybridized carbons (Fsp3) is 0.462. The molecular weight excluding hydrogens is 264 g/mol. The van der Waals surface area contributed by atoms with Gasteiger partial charge in [0.1, 0.15) is 17.8 Å². The third-order valence-corrected chi connectivity index (χ3v) is 2.33. The van der Waals surface area contributed by atoms with E-state index in [9.17, 15) is 14.4 Å². The molecule has 1 heterocycles. The highest BCUT2D eigenvalue weighted by Crippen LogP contribution is 2.13. The molecule has 0 fully saturated rings. The molecule has 7 heteroatoms. The molecule has 1 aromatic heterocycles. The Hall–Kier alpha value is -2.31. The third kappa shape index (κ3) is 4.11. The molecule has 0 atom stereocenters. The molecule has 1 aromatic rings. The van der Waals surface area contributed by atoms with Crippen LogP contribution < -0.4 is 10.5 Å². The molecule has 0 radical (unpaired) electrons. The molecule has 0 aliphatic rings. The highest BCUT2D eigenvalue weighted by molar-refractivity contribution is 5.86. The maximum atomic E-state index is 12.1. The summed E-state index contributed by atoms with van der Waals surface area (Å²) in [4.78, 5) is 35.7. The minimum absolute atomic E-state index is 0.0583. The smallest absolute Gasteiger partial charge is 0.414 e. The predicted molar refractivity (Wildman–Crippen MR) is 73.0 cm³/mol. The molecule has 0 spiro atoms. The van der Waals surface area contributed by atoms with Crippen molar-refractivity contribution in [1.29, 1.82) is 0 Å². The molecule has 0 saturated heterocycles. The normalized spacial score (nSPS) is 11.0. The van der Waals surface area contributed by atoms with Crippen LogP contribution >= 0.6 is 0 Å². The number of nitrogens with zero attached hydrogens (tertiary/aromatic N) is 2. The largest absolute Gasteiger partial charge is 0.480 e. The Bertz CT molecular complexity index is 571. The maximum absolute atomic E-state index is 12.1. The average Bonchev–Trinajstić information content (AvgIpc) is 2.28. The molecule has 0 saturated carbocycles. The lowest BCUT2D eigenvalue weighted by Crippen LogP contribution is -2.38. The van der Waals surface area contributed by atoms with Crippen LogP contribution in [0.15, 0.2) is 23.1 Å². The number of rotatable bonds is 3. The Balaban J connectivity index is 3.05. The van der Waals surface area contributed by atoms with Gasteiger partial charge in [-0.2, -0.15) is 0 Å². The highest BCUT2D eigenvalue weighted by Gasteiger charge is 2.22. The molecule has 7 nitrogen and oxygen atoms in total. The number of hydrogen-bond acceptors (Lipinski definition) is 4. The van der Waals surface area contributed by atoms with Gasteiger partial charge in [-0.05, 0) is 32.9 Å². The van der Waals surface area contributed by atoms with Gasteiger partial charge in [0, 0.05) is 13.2 Å². The van der Waals surface area contributed by atoms with E-state index < -0.39 is 29.8 Å². The van der Waals surface area contributed by atoms with Gasteiger partial charge in [-0.3, -0.25) is 14.5 Å². The molecule has 110 valence electrons. The van der Waals surface area contributed by atoms with E-state index >= 15 is 0 Å². The van der Waals surface area contributed by atoms with Crippen molar-refractivity contribution < 1.29 is 19.4 Å². The number of anilines is 1. The van der Waals surface area contributed by atoms with Gasteiger partial charge in [-0.15, -0.1) is 0 Å². The fourth-order valence-corrected chi connectivity index (χ4v) is 1.48. The number of amides is 1. The SMILES string of the molecule is CN(C(=O)OC(C)(C)C)c1cccn(CC(=O)O)c1=O. The second-order valence-corrected chi connectivity index (χ2v) is 5.26. The summed E-state index contributed by atoms with van der Waals surface area (Å²) >= 11 is 0. The number of carbonyl (C=O) groups is 2. The van der Waals surface area contributed by atoms with Crippen molar-refractivity contribution in [3.05, 3.63) is 28.7 Å². The molecule has 1 rings (SSSR count). The van der Waals surface area contributed by atoms with E-state index in [1.165, 1.54) is 25.4 Å². The quantitative estimate of drug-likeness (QED) is 0.902. The first-order chi connectivity index (χ1) is 9.11. The molecule has 0 aromatic carbocycles. The van der Waals surface area contributed by atoms with Gasteiger partial charge in [0.2, 0.25) is 0 Å². The van der Waals surface area contributed by atoms with Crippen molar-refractivity contribution in [3.63, 3.8) is 0 Å². The van der Waals surface area contributed by atoms with E-state index in [4.69, 9.17) is 9.84 Å². The van der Waals surface area contributed by atoms with Crippen molar-refractivity contribution in [2.75, 3.05) is 11.9 Å². The summed E-state index contributed by atoms with van der Waals surface area (Å²) < 4.78 is 6.16. The zero-order chi connectivity index (χ0) is 15.5. The maximum Gasteiger partial charge on any atom is 0.414 e. The molecule has 0 aliphatic carbocycles. The number of carbonyl (C=O) groups excluding carboxylic acids is 1.